The zero-order valence-electron chi connectivity index (χ0n) is 16.6. The van der Waals surface area contributed by atoms with Gasteiger partial charge in [-0.25, -0.2) is 4.98 Å². The van der Waals surface area contributed by atoms with Crippen LogP contribution >= 0.6 is 0 Å². The van der Waals surface area contributed by atoms with Crippen LogP contribution in [0.15, 0.2) is 41.5 Å². The van der Waals surface area contributed by atoms with E-state index >= 15 is 0 Å². The molecule has 0 spiro atoms. The number of nitrogens with two attached hydrogens (primary N) is 1. The van der Waals surface area contributed by atoms with Crippen LogP contribution in [-0.2, 0) is 15.3 Å². The number of hydrogen-bond acceptors (Lipinski definition) is 12. The summed E-state index contributed by atoms with van der Waals surface area (Å²) >= 11 is 0. The number of ketones is 1. The van der Waals surface area contributed by atoms with E-state index in [1.165, 1.54) is 24.3 Å². The molecule has 0 saturated carbocycles. The number of anilines is 1. The smallest absolute Gasteiger partial charge is 0.418 e. The average molecular weight is 462 g/mol. The van der Waals surface area contributed by atoms with Crippen molar-refractivity contribution in [3.05, 3.63) is 57.1 Å². The van der Waals surface area contributed by atoms with Gasteiger partial charge in [0.15, 0.2) is 11.2 Å². The van der Waals surface area contributed by atoms with Crippen LogP contribution in [-0.4, -0.2) is 76.7 Å². The number of carbonyl (C=O) groups is 1. The molecule has 1 saturated heterocycles. The highest BCUT2D eigenvalue weighted by atomic mass is 16.7. The number of fused-ring (bicyclic) bond motifs is 1. The molecule has 174 valence electrons. The maximum Gasteiger partial charge on any atom is 0.418 e. The third-order valence-electron chi connectivity index (χ3n) is 5.16. The van der Waals surface area contributed by atoms with Crippen molar-refractivity contribution in [2.75, 3.05) is 12.3 Å². The largest absolute Gasteiger partial charge is 0.424 e. The first-order valence-electron chi connectivity index (χ1n) is 9.48. The Morgan fingerprint density at radius 1 is 1.39 bits per heavy atom. The first-order valence-corrected chi connectivity index (χ1v) is 9.48. The maximum absolute atomic E-state index is 13.6. The van der Waals surface area contributed by atoms with Crippen molar-refractivity contribution in [2.45, 2.75) is 30.3 Å². The van der Waals surface area contributed by atoms with Crippen molar-refractivity contribution >= 4 is 22.9 Å². The molecule has 4 rings (SSSR count). The predicted molar refractivity (Wildman–Crippen MR) is 107 cm³/mol. The van der Waals surface area contributed by atoms with Crippen LogP contribution < -0.4 is 16.0 Å². The third-order valence-corrected chi connectivity index (χ3v) is 5.16. The standard InChI is InChI=1S/C18H18N6O9/c19-17-21-14-10(15(29)22-17)20-7-23(14)18(12(27)11(26)9(6-25)33-18)13(28)16(24(30)31)32-8-4-2-1-3-5-8/h1-5,7,9,11-12,16,25-27H,6H2,(H3,19,21,22,29)/t9-,11-,12-,16?,18+/m1/s1. The van der Waals surface area contributed by atoms with E-state index in [0.717, 1.165) is 10.9 Å². The van der Waals surface area contributed by atoms with Crippen LogP contribution in [0.2, 0.25) is 0 Å². The molecule has 2 aromatic heterocycles. The quantitative estimate of drug-likeness (QED) is 0.142. The zero-order valence-corrected chi connectivity index (χ0v) is 16.6. The lowest BCUT2D eigenvalue weighted by molar-refractivity contribution is -0.547. The Kier molecular flexibility index (Phi) is 5.54. The van der Waals surface area contributed by atoms with Gasteiger partial charge in [0.25, 0.3) is 5.56 Å². The molecule has 0 amide bonds. The molecule has 1 fully saturated rings. The summed E-state index contributed by atoms with van der Waals surface area (Å²) in [6.07, 6.45) is -7.07. The summed E-state index contributed by atoms with van der Waals surface area (Å²) in [5.41, 5.74) is 1.35. The number of imidazole rings is 1. The van der Waals surface area contributed by atoms with Gasteiger partial charge in [0, 0.05) is 0 Å². The molecule has 1 aliphatic rings. The van der Waals surface area contributed by atoms with Crippen LogP contribution in [0.1, 0.15) is 0 Å². The second kappa shape index (κ2) is 8.21. The Morgan fingerprint density at radius 3 is 2.70 bits per heavy atom. The van der Waals surface area contributed by atoms with Gasteiger partial charge in [-0.2, -0.15) is 4.98 Å². The fraction of sp³-hybridized carbons (Fsp3) is 0.333. The summed E-state index contributed by atoms with van der Waals surface area (Å²) in [6.45, 7) is -0.849. The second-order valence-corrected chi connectivity index (χ2v) is 7.14. The van der Waals surface area contributed by atoms with Crippen LogP contribution in [0.4, 0.5) is 5.95 Å². The van der Waals surface area contributed by atoms with E-state index in [4.69, 9.17) is 15.2 Å². The highest BCUT2D eigenvalue weighted by Crippen LogP contribution is 2.39. The number of H-pyrrole nitrogens is 1. The fourth-order valence-electron chi connectivity index (χ4n) is 3.64. The summed E-state index contributed by atoms with van der Waals surface area (Å²) in [5.74, 6) is -1.88. The molecule has 15 heteroatoms. The van der Waals surface area contributed by atoms with Crippen LogP contribution in [0.5, 0.6) is 5.75 Å². The number of nitro groups is 1. The van der Waals surface area contributed by atoms with Crippen LogP contribution in [0.25, 0.3) is 11.2 Å². The molecular formula is C18H18N6O9. The number of nitrogen functional groups attached to an aromatic ring is 1. The van der Waals surface area contributed by atoms with E-state index in [2.05, 4.69) is 15.0 Å². The molecule has 3 aromatic rings. The molecular weight excluding hydrogens is 444 g/mol. The van der Waals surface area contributed by atoms with Crippen molar-refractivity contribution in [1.82, 2.24) is 19.5 Å². The number of aromatic amines is 1. The number of benzene rings is 1. The topological polar surface area (TPSA) is 229 Å². The molecule has 1 aromatic carbocycles. The highest BCUT2D eigenvalue weighted by molar-refractivity contribution is 5.91. The Hall–Kier alpha value is -3.92. The molecule has 3 heterocycles. The monoisotopic (exact) mass is 462 g/mol. The van der Waals surface area contributed by atoms with Gasteiger partial charge in [-0.3, -0.25) is 29.3 Å². The van der Waals surface area contributed by atoms with Gasteiger partial charge in [0.2, 0.25) is 11.7 Å². The number of hydrogen-bond donors (Lipinski definition) is 5. The second-order valence-electron chi connectivity index (χ2n) is 7.14. The van der Waals surface area contributed by atoms with E-state index in [0.29, 0.717) is 0 Å². The van der Waals surface area contributed by atoms with E-state index in [1.54, 1.807) is 6.07 Å². The summed E-state index contributed by atoms with van der Waals surface area (Å²) in [4.78, 5) is 46.5. The maximum atomic E-state index is 13.6. The summed E-state index contributed by atoms with van der Waals surface area (Å²) in [6, 6.07) is 7.38. The van der Waals surface area contributed by atoms with Crippen molar-refractivity contribution in [2.24, 2.45) is 0 Å². The number of para-hydroxylation sites is 1. The molecule has 33 heavy (non-hydrogen) atoms. The van der Waals surface area contributed by atoms with Gasteiger partial charge in [-0.1, -0.05) is 18.2 Å². The number of nitrogens with zero attached hydrogens (tertiary/aromatic N) is 4. The lowest BCUT2D eigenvalue weighted by Crippen LogP contribution is -2.58. The minimum Gasteiger partial charge on any atom is -0.424 e. The first kappa shape index (κ1) is 22.3. The van der Waals surface area contributed by atoms with E-state index in [9.17, 15) is 35.0 Å². The van der Waals surface area contributed by atoms with Gasteiger partial charge >= 0.3 is 12.0 Å². The van der Waals surface area contributed by atoms with Crippen LogP contribution in [0, 0.1) is 10.1 Å². The SMILES string of the molecule is Nc1nc2c(ncn2[C@]2(C(=O)C(Oc3ccccc3)[N+](=O)[O-])O[C@H](CO)[C@@H](O)[C@H]2O)c(=O)[nH]1. The molecule has 1 aliphatic heterocycles. The summed E-state index contributed by atoms with van der Waals surface area (Å²) < 4.78 is 11.5. The predicted octanol–water partition coefficient (Wildman–Crippen LogP) is -2.28. The number of aliphatic hydroxyl groups excluding tert-OH is 3. The van der Waals surface area contributed by atoms with Gasteiger partial charge < -0.3 is 30.5 Å². The van der Waals surface area contributed by atoms with Gasteiger partial charge in [-0.15, -0.1) is 0 Å². The van der Waals surface area contributed by atoms with Crippen molar-refractivity contribution in [1.29, 1.82) is 0 Å². The van der Waals surface area contributed by atoms with Crippen molar-refractivity contribution in [3.63, 3.8) is 0 Å². The van der Waals surface area contributed by atoms with E-state index < -0.39 is 53.1 Å². The number of carbonyl (C=O) groups excluding carboxylic acids is 1. The summed E-state index contributed by atoms with van der Waals surface area (Å²) in [7, 11) is 0. The summed E-state index contributed by atoms with van der Waals surface area (Å²) in [5, 5.41) is 42.6. The van der Waals surface area contributed by atoms with Gasteiger partial charge in [0.05, 0.1) is 11.5 Å². The third kappa shape index (κ3) is 3.48. The minimum absolute atomic E-state index is 0.0382. The Balaban J connectivity index is 1.92. The van der Waals surface area contributed by atoms with Gasteiger partial charge in [-0.05, 0) is 12.1 Å². The number of nitrogens with one attached hydrogen (secondary N) is 1. The minimum atomic E-state index is -2.75. The van der Waals surface area contributed by atoms with Gasteiger partial charge in [0.1, 0.15) is 30.4 Å². The number of aromatic nitrogens is 4. The Bertz CT molecular complexity index is 1260. The zero-order chi connectivity index (χ0) is 23.9. The number of rotatable bonds is 7. The number of ether oxygens (including phenoxy) is 2. The van der Waals surface area contributed by atoms with E-state index in [1.807, 2.05) is 0 Å². The molecule has 0 radical (unpaired) electrons. The Labute approximate surface area is 183 Å². The molecule has 5 atom stereocenters. The van der Waals surface area contributed by atoms with Crippen LogP contribution in [0.3, 0.4) is 0 Å². The normalized spacial score (nSPS) is 25.7. The lowest BCUT2D eigenvalue weighted by Gasteiger charge is -2.32. The first-order chi connectivity index (χ1) is 15.7. The van der Waals surface area contributed by atoms with E-state index in [-0.39, 0.29) is 22.9 Å². The molecule has 0 aliphatic carbocycles. The molecule has 6 N–H and O–H groups in total. The lowest BCUT2D eigenvalue weighted by atomic mass is 9.96. The highest BCUT2D eigenvalue weighted by Gasteiger charge is 2.65. The fourth-order valence-corrected chi connectivity index (χ4v) is 3.64. The number of aliphatic hydroxyl groups is 3. The molecule has 0 bridgehead atoms. The van der Waals surface area contributed by atoms with Crippen molar-refractivity contribution in [3.8, 4) is 5.75 Å². The number of Topliss-reactive ketones (excluding diaryl/α,β-unsaturated/α-hetero) is 1. The molecule has 15 nitrogen and oxygen atoms in total. The average Bonchev–Trinajstić information content (AvgIpc) is 3.32. The Morgan fingerprint density at radius 2 is 2.09 bits per heavy atom. The molecule has 1 unspecified atom stereocenters. The van der Waals surface area contributed by atoms with Crippen molar-refractivity contribution < 1.29 is 34.5 Å².